The van der Waals surface area contributed by atoms with E-state index >= 15 is 0 Å². The zero-order valence-corrected chi connectivity index (χ0v) is 12.4. The Kier molecular flexibility index (Phi) is 3.88. The first-order valence-electron chi connectivity index (χ1n) is 6.63. The number of nitrogens with zero attached hydrogens (tertiary/aromatic N) is 1. The van der Waals surface area contributed by atoms with Crippen LogP contribution in [0.1, 0.15) is 12.0 Å². The van der Waals surface area contributed by atoms with Crippen molar-refractivity contribution in [2.45, 2.75) is 18.4 Å². The highest BCUT2D eigenvalue weighted by Crippen LogP contribution is 2.37. The van der Waals surface area contributed by atoms with E-state index in [2.05, 4.69) is 0 Å². The third-order valence-corrected chi connectivity index (χ3v) is 4.59. The number of ether oxygens (including phenoxy) is 2. The van der Waals surface area contributed by atoms with Crippen molar-refractivity contribution in [3.05, 3.63) is 41.6 Å². The molecule has 1 atom stereocenters. The molecule has 1 fully saturated rings. The zero-order chi connectivity index (χ0) is 14.8. The van der Waals surface area contributed by atoms with Crippen molar-refractivity contribution in [3.63, 3.8) is 0 Å². The first kappa shape index (κ1) is 14.0. The van der Waals surface area contributed by atoms with Gasteiger partial charge in [-0.15, -0.1) is 11.8 Å². The van der Waals surface area contributed by atoms with Crippen LogP contribution in [0, 0.1) is 0 Å². The summed E-state index contributed by atoms with van der Waals surface area (Å²) in [6.07, 6.45) is 2.27. The first-order valence-corrected chi connectivity index (χ1v) is 7.68. The highest BCUT2D eigenvalue weighted by molar-refractivity contribution is 8.00. The summed E-state index contributed by atoms with van der Waals surface area (Å²) in [4.78, 5) is 25.2. The maximum absolute atomic E-state index is 12.1. The molecule has 1 amide bonds. The minimum atomic E-state index is -0.441. The fraction of sp³-hybridized carbons (Fsp3) is 0.333. The monoisotopic (exact) mass is 305 g/mol. The number of fused-ring (bicyclic) bond motifs is 1. The molecule has 2 aliphatic heterocycles. The molecule has 2 aliphatic rings. The second-order valence-corrected chi connectivity index (χ2v) is 5.98. The number of carbonyl (C=O) groups is 2. The SMILES string of the molecule is COc1ccc(COC(=O)C2=CCS[C@@H]3CC(=O)N23)cc1. The summed E-state index contributed by atoms with van der Waals surface area (Å²) in [6, 6.07) is 7.31. The van der Waals surface area contributed by atoms with Crippen molar-refractivity contribution >= 4 is 23.6 Å². The van der Waals surface area contributed by atoms with Gasteiger partial charge < -0.3 is 9.47 Å². The van der Waals surface area contributed by atoms with Crippen LogP contribution in [0.3, 0.4) is 0 Å². The molecule has 0 saturated carbocycles. The molecule has 0 spiro atoms. The maximum atomic E-state index is 12.1. The molecule has 110 valence electrons. The van der Waals surface area contributed by atoms with E-state index in [0.717, 1.165) is 17.1 Å². The maximum Gasteiger partial charge on any atom is 0.355 e. The Balaban J connectivity index is 1.61. The van der Waals surface area contributed by atoms with Crippen LogP contribution in [-0.4, -0.2) is 35.0 Å². The molecule has 6 heteroatoms. The molecule has 0 radical (unpaired) electrons. The summed E-state index contributed by atoms with van der Waals surface area (Å²) < 4.78 is 10.4. The lowest BCUT2D eigenvalue weighted by Crippen LogP contribution is -2.53. The number of esters is 1. The smallest absolute Gasteiger partial charge is 0.355 e. The Morgan fingerprint density at radius 1 is 1.38 bits per heavy atom. The summed E-state index contributed by atoms with van der Waals surface area (Å²) in [5, 5.41) is 0.103. The molecule has 3 rings (SSSR count). The molecule has 2 heterocycles. The average molecular weight is 305 g/mol. The Morgan fingerprint density at radius 2 is 2.14 bits per heavy atom. The number of thioether (sulfide) groups is 1. The molecule has 1 saturated heterocycles. The van der Waals surface area contributed by atoms with E-state index in [9.17, 15) is 9.59 Å². The number of amides is 1. The van der Waals surface area contributed by atoms with Crippen molar-refractivity contribution in [1.29, 1.82) is 0 Å². The van der Waals surface area contributed by atoms with Crippen LogP contribution in [0.25, 0.3) is 0 Å². The molecule has 5 nitrogen and oxygen atoms in total. The third-order valence-electron chi connectivity index (χ3n) is 3.47. The number of β-lactam (4-membered cyclic amide) rings is 1. The van der Waals surface area contributed by atoms with Crippen LogP contribution < -0.4 is 4.74 Å². The fourth-order valence-electron chi connectivity index (χ4n) is 2.27. The minimum absolute atomic E-state index is 0.0140. The van der Waals surface area contributed by atoms with E-state index < -0.39 is 5.97 Å². The molecule has 0 aliphatic carbocycles. The van der Waals surface area contributed by atoms with E-state index in [-0.39, 0.29) is 17.9 Å². The van der Waals surface area contributed by atoms with Crippen molar-refractivity contribution in [2.24, 2.45) is 0 Å². The molecule has 21 heavy (non-hydrogen) atoms. The van der Waals surface area contributed by atoms with Gasteiger partial charge in [0.1, 0.15) is 18.1 Å². The van der Waals surface area contributed by atoms with Crippen LogP contribution in [0.2, 0.25) is 0 Å². The summed E-state index contributed by atoms with van der Waals surface area (Å²) in [7, 11) is 1.60. The summed E-state index contributed by atoms with van der Waals surface area (Å²) in [6.45, 7) is 0.181. The lowest BCUT2D eigenvalue weighted by Gasteiger charge is -2.42. The molecular weight excluding hydrogens is 290 g/mol. The third kappa shape index (κ3) is 2.76. The van der Waals surface area contributed by atoms with Gasteiger partial charge in [0, 0.05) is 5.75 Å². The van der Waals surface area contributed by atoms with Gasteiger partial charge in [0.15, 0.2) is 0 Å². The lowest BCUT2D eigenvalue weighted by atomic mass is 10.1. The molecule has 1 aromatic carbocycles. The first-order chi connectivity index (χ1) is 10.2. The summed E-state index contributed by atoms with van der Waals surface area (Å²) >= 11 is 1.66. The Hall–Kier alpha value is -1.95. The van der Waals surface area contributed by atoms with Gasteiger partial charge in [0.2, 0.25) is 5.91 Å². The van der Waals surface area contributed by atoms with Crippen LogP contribution in [0.15, 0.2) is 36.0 Å². The normalized spacial score (nSPS) is 20.2. The number of rotatable bonds is 4. The van der Waals surface area contributed by atoms with Crippen molar-refractivity contribution in [1.82, 2.24) is 4.90 Å². The molecule has 1 aromatic rings. The summed E-state index contributed by atoms with van der Waals surface area (Å²) in [5.74, 6) is 1.04. The topological polar surface area (TPSA) is 55.8 Å². The Morgan fingerprint density at radius 3 is 2.81 bits per heavy atom. The predicted octanol–water partition coefficient (Wildman–Crippen LogP) is 1.93. The Bertz CT molecular complexity index is 596. The molecule has 0 bridgehead atoms. The molecule has 0 unspecified atom stereocenters. The van der Waals surface area contributed by atoms with Crippen LogP contribution >= 0.6 is 11.8 Å². The quantitative estimate of drug-likeness (QED) is 0.628. The van der Waals surface area contributed by atoms with Gasteiger partial charge in [-0.25, -0.2) is 4.79 Å². The van der Waals surface area contributed by atoms with Gasteiger partial charge in [-0.2, -0.15) is 0 Å². The lowest BCUT2D eigenvalue weighted by molar-refractivity contribution is -0.150. The van der Waals surface area contributed by atoms with E-state index in [0.29, 0.717) is 12.1 Å². The highest BCUT2D eigenvalue weighted by atomic mass is 32.2. The van der Waals surface area contributed by atoms with Crippen molar-refractivity contribution in [2.75, 3.05) is 12.9 Å². The van der Waals surface area contributed by atoms with Crippen LogP contribution in [0.4, 0.5) is 0 Å². The van der Waals surface area contributed by atoms with Gasteiger partial charge in [-0.3, -0.25) is 9.69 Å². The second-order valence-electron chi connectivity index (χ2n) is 4.77. The van der Waals surface area contributed by atoms with Gasteiger partial charge in [0.05, 0.1) is 18.9 Å². The average Bonchev–Trinajstić information content (AvgIpc) is 2.51. The second kappa shape index (κ2) is 5.81. The fourth-order valence-corrected chi connectivity index (χ4v) is 3.39. The van der Waals surface area contributed by atoms with E-state index in [1.807, 2.05) is 24.3 Å². The summed E-state index contributed by atoms with van der Waals surface area (Å²) in [5.41, 5.74) is 1.25. The van der Waals surface area contributed by atoms with Gasteiger partial charge in [-0.1, -0.05) is 12.1 Å². The van der Waals surface area contributed by atoms with E-state index in [4.69, 9.17) is 9.47 Å². The van der Waals surface area contributed by atoms with E-state index in [1.54, 1.807) is 24.9 Å². The van der Waals surface area contributed by atoms with Crippen LogP contribution in [-0.2, 0) is 20.9 Å². The number of methoxy groups -OCH3 is 1. The number of hydrogen-bond donors (Lipinski definition) is 0. The van der Waals surface area contributed by atoms with Gasteiger partial charge >= 0.3 is 5.97 Å². The van der Waals surface area contributed by atoms with Crippen LogP contribution in [0.5, 0.6) is 5.75 Å². The minimum Gasteiger partial charge on any atom is -0.497 e. The highest BCUT2D eigenvalue weighted by Gasteiger charge is 2.43. The molecule has 0 N–H and O–H groups in total. The molecule has 0 aromatic heterocycles. The number of hydrogen-bond acceptors (Lipinski definition) is 5. The Labute approximate surface area is 126 Å². The van der Waals surface area contributed by atoms with Crippen molar-refractivity contribution in [3.8, 4) is 5.75 Å². The van der Waals surface area contributed by atoms with Crippen molar-refractivity contribution < 1.29 is 19.1 Å². The van der Waals surface area contributed by atoms with Gasteiger partial charge in [-0.05, 0) is 23.8 Å². The number of benzene rings is 1. The zero-order valence-electron chi connectivity index (χ0n) is 11.6. The van der Waals surface area contributed by atoms with Gasteiger partial charge in [0.25, 0.3) is 0 Å². The number of carbonyl (C=O) groups excluding carboxylic acids is 2. The largest absolute Gasteiger partial charge is 0.497 e. The molecular formula is C15H15NO4S. The van der Waals surface area contributed by atoms with E-state index in [1.165, 1.54) is 4.90 Å². The predicted molar refractivity (Wildman–Crippen MR) is 78.6 cm³/mol. The standard InChI is InChI=1S/C15H15NO4S/c1-19-11-4-2-10(3-5-11)9-20-15(18)12-6-7-21-14-8-13(17)16(12)14/h2-6,14H,7-9H2,1H3/t14-/m1/s1.